The Morgan fingerprint density at radius 3 is 2.29 bits per heavy atom. The molecule has 0 aromatic heterocycles. The van der Waals surface area contributed by atoms with Gasteiger partial charge >= 0.3 is 0 Å². The molecule has 108 valence electrons. The van der Waals surface area contributed by atoms with Gasteiger partial charge in [-0.25, -0.2) is 0 Å². The quantitative estimate of drug-likeness (QED) is 0.891. The van der Waals surface area contributed by atoms with Gasteiger partial charge in [-0.3, -0.25) is 0 Å². The van der Waals surface area contributed by atoms with Gasteiger partial charge in [0.2, 0.25) is 0 Å². The summed E-state index contributed by atoms with van der Waals surface area (Å²) >= 11 is 0. The highest BCUT2D eigenvalue weighted by Crippen LogP contribution is 2.38. The standard InChI is InChI=1S/C19H22N2/c1-2-6-17(7-3-1)21(14-15-10-11-15)19-9-5-4-8-18(19)16-12-20-13-16/h1-9,15-16,20H,10-14H2. The van der Waals surface area contributed by atoms with Crippen LogP contribution in [0.25, 0.3) is 0 Å². The molecule has 1 aliphatic carbocycles. The van der Waals surface area contributed by atoms with Crippen molar-refractivity contribution in [2.75, 3.05) is 24.5 Å². The van der Waals surface area contributed by atoms with Crippen LogP contribution in [-0.2, 0) is 0 Å². The van der Waals surface area contributed by atoms with E-state index in [1.54, 1.807) is 0 Å². The van der Waals surface area contributed by atoms with Gasteiger partial charge in [-0.05, 0) is 42.5 Å². The molecule has 2 aromatic carbocycles. The lowest BCUT2D eigenvalue weighted by atomic mass is 9.91. The van der Waals surface area contributed by atoms with E-state index in [2.05, 4.69) is 64.8 Å². The van der Waals surface area contributed by atoms with Crippen molar-refractivity contribution in [2.24, 2.45) is 5.92 Å². The van der Waals surface area contributed by atoms with Gasteiger partial charge in [-0.15, -0.1) is 0 Å². The van der Waals surface area contributed by atoms with Crippen LogP contribution >= 0.6 is 0 Å². The van der Waals surface area contributed by atoms with Crippen molar-refractivity contribution in [3.8, 4) is 0 Å². The summed E-state index contributed by atoms with van der Waals surface area (Å²) in [4.78, 5) is 2.53. The molecule has 1 saturated carbocycles. The highest BCUT2D eigenvalue weighted by Gasteiger charge is 2.28. The number of hydrogen-bond acceptors (Lipinski definition) is 2. The molecule has 2 aromatic rings. The van der Waals surface area contributed by atoms with E-state index in [-0.39, 0.29) is 0 Å². The van der Waals surface area contributed by atoms with Crippen LogP contribution in [0.4, 0.5) is 11.4 Å². The summed E-state index contributed by atoms with van der Waals surface area (Å²) in [5, 5.41) is 3.40. The predicted molar refractivity (Wildman–Crippen MR) is 88.2 cm³/mol. The van der Waals surface area contributed by atoms with Crippen LogP contribution in [0.2, 0.25) is 0 Å². The molecule has 1 aliphatic heterocycles. The van der Waals surface area contributed by atoms with Crippen LogP contribution in [0.3, 0.4) is 0 Å². The van der Waals surface area contributed by atoms with E-state index >= 15 is 0 Å². The second-order valence-corrected chi connectivity index (χ2v) is 6.30. The molecule has 0 bridgehead atoms. The van der Waals surface area contributed by atoms with Crippen molar-refractivity contribution in [3.63, 3.8) is 0 Å². The molecule has 21 heavy (non-hydrogen) atoms. The first-order valence-electron chi connectivity index (χ1n) is 8.04. The third-order valence-corrected chi connectivity index (χ3v) is 4.65. The Hall–Kier alpha value is -1.80. The van der Waals surface area contributed by atoms with Crippen LogP contribution < -0.4 is 10.2 Å². The van der Waals surface area contributed by atoms with Crippen molar-refractivity contribution in [1.82, 2.24) is 5.32 Å². The monoisotopic (exact) mass is 278 g/mol. The van der Waals surface area contributed by atoms with Gasteiger partial charge in [-0.1, -0.05) is 36.4 Å². The number of nitrogens with zero attached hydrogens (tertiary/aromatic N) is 1. The first kappa shape index (κ1) is 12.9. The number of rotatable bonds is 5. The zero-order valence-corrected chi connectivity index (χ0v) is 12.3. The fraction of sp³-hybridized carbons (Fsp3) is 0.368. The topological polar surface area (TPSA) is 15.3 Å². The molecule has 0 radical (unpaired) electrons. The second kappa shape index (κ2) is 5.53. The lowest BCUT2D eigenvalue weighted by Gasteiger charge is -2.34. The third kappa shape index (κ3) is 2.68. The third-order valence-electron chi connectivity index (χ3n) is 4.65. The van der Waals surface area contributed by atoms with E-state index in [9.17, 15) is 0 Å². The Morgan fingerprint density at radius 2 is 1.62 bits per heavy atom. The average molecular weight is 278 g/mol. The molecular formula is C19H22N2. The molecule has 2 fully saturated rings. The van der Waals surface area contributed by atoms with E-state index < -0.39 is 0 Å². The lowest BCUT2D eigenvalue weighted by Crippen LogP contribution is -2.40. The number of hydrogen-bond donors (Lipinski definition) is 1. The van der Waals surface area contributed by atoms with Crippen molar-refractivity contribution in [2.45, 2.75) is 18.8 Å². The number of benzene rings is 2. The maximum atomic E-state index is 3.40. The molecule has 0 amide bonds. The molecule has 1 N–H and O–H groups in total. The van der Waals surface area contributed by atoms with Gasteiger partial charge in [0.25, 0.3) is 0 Å². The van der Waals surface area contributed by atoms with Crippen molar-refractivity contribution < 1.29 is 0 Å². The maximum Gasteiger partial charge on any atom is 0.0447 e. The van der Waals surface area contributed by atoms with E-state index in [1.165, 1.54) is 29.8 Å². The summed E-state index contributed by atoms with van der Waals surface area (Å²) in [7, 11) is 0. The van der Waals surface area contributed by atoms with Crippen LogP contribution in [0.1, 0.15) is 24.3 Å². The maximum absolute atomic E-state index is 3.40. The predicted octanol–water partition coefficient (Wildman–Crippen LogP) is 3.92. The molecule has 0 unspecified atom stereocenters. The first-order valence-corrected chi connectivity index (χ1v) is 8.04. The van der Waals surface area contributed by atoms with Crippen molar-refractivity contribution >= 4 is 11.4 Å². The molecule has 0 atom stereocenters. The van der Waals surface area contributed by atoms with E-state index in [1.807, 2.05) is 0 Å². The summed E-state index contributed by atoms with van der Waals surface area (Å²) in [5.41, 5.74) is 4.23. The fourth-order valence-electron chi connectivity index (χ4n) is 3.10. The highest BCUT2D eigenvalue weighted by molar-refractivity contribution is 5.67. The Kier molecular flexibility index (Phi) is 3.40. The van der Waals surface area contributed by atoms with Gasteiger partial charge in [0.1, 0.15) is 0 Å². The smallest absolute Gasteiger partial charge is 0.0447 e. The summed E-state index contributed by atoms with van der Waals surface area (Å²) in [5.74, 6) is 1.55. The van der Waals surface area contributed by atoms with Crippen LogP contribution in [-0.4, -0.2) is 19.6 Å². The van der Waals surface area contributed by atoms with Gasteiger partial charge in [0.15, 0.2) is 0 Å². The molecule has 0 spiro atoms. The Morgan fingerprint density at radius 1 is 0.905 bits per heavy atom. The minimum Gasteiger partial charge on any atom is -0.341 e. The van der Waals surface area contributed by atoms with E-state index in [0.29, 0.717) is 5.92 Å². The Balaban J connectivity index is 1.72. The summed E-state index contributed by atoms with van der Waals surface area (Å²) < 4.78 is 0. The van der Waals surface area contributed by atoms with Gasteiger partial charge in [-0.2, -0.15) is 0 Å². The Labute approximate surface area is 126 Å². The molecule has 1 saturated heterocycles. The normalized spacial score (nSPS) is 18.3. The number of anilines is 2. The van der Waals surface area contributed by atoms with Gasteiger partial charge < -0.3 is 10.2 Å². The molecular weight excluding hydrogens is 256 g/mol. The minimum atomic E-state index is 0.673. The van der Waals surface area contributed by atoms with Gasteiger partial charge in [0.05, 0.1) is 0 Å². The van der Waals surface area contributed by atoms with E-state index in [4.69, 9.17) is 0 Å². The zero-order valence-electron chi connectivity index (χ0n) is 12.3. The first-order chi connectivity index (χ1) is 10.4. The molecule has 4 rings (SSSR count). The highest BCUT2D eigenvalue weighted by atomic mass is 15.1. The zero-order chi connectivity index (χ0) is 14.1. The summed E-state index contributed by atoms with van der Waals surface area (Å²) in [6, 6.07) is 19.8. The van der Waals surface area contributed by atoms with Crippen molar-refractivity contribution in [3.05, 3.63) is 60.2 Å². The van der Waals surface area contributed by atoms with E-state index in [0.717, 1.165) is 25.6 Å². The summed E-state index contributed by atoms with van der Waals surface area (Å²) in [6.07, 6.45) is 2.77. The number of para-hydroxylation sites is 2. The molecule has 2 nitrogen and oxygen atoms in total. The lowest BCUT2D eigenvalue weighted by molar-refractivity contribution is 0.448. The molecule has 1 heterocycles. The summed E-state index contributed by atoms with van der Waals surface area (Å²) in [6.45, 7) is 3.38. The SMILES string of the molecule is c1ccc(N(CC2CC2)c2ccccc2C2CNC2)cc1. The average Bonchev–Trinajstić information content (AvgIpc) is 3.29. The molecule has 2 aliphatic rings. The Bertz CT molecular complexity index is 600. The van der Waals surface area contributed by atoms with Crippen LogP contribution in [0.15, 0.2) is 54.6 Å². The van der Waals surface area contributed by atoms with Crippen LogP contribution in [0.5, 0.6) is 0 Å². The minimum absolute atomic E-state index is 0.673. The van der Waals surface area contributed by atoms with Crippen molar-refractivity contribution in [1.29, 1.82) is 0 Å². The second-order valence-electron chi connectivity index (χ2n) is 6.30. The number of nitrogens with one attached hydrogen (secondary N) is 1. The van der Waals surface area contributed by atoms with Gasteiger partial charge in [0, 0.05) is 36.9 Å². The fourth-order valence-corrected chi connectivity index (χ4v) is 3.10. The largest absolute Gasteiger partial charge is 0.341 e. The van der Waals surface area contributed by atoms with Crippen LogP contribution in [0, 0.1) is 5.92 Å². The molecule has 2 heteroatoms.